The number of hydrogen-bond acceptors (Lipinski definition) is 22. The molecule has 104 heavy (non-hydrogen) atoms. The van der Waals surface area contributed by atoms with E-state index in [2.05, 4.69) is 78.1 Å². The number of phenols is 1. The fourth-order valence-electron chi connectivity index (χ4n) is 11.9. The Morgan fingerprint density at radius 3 is 1.16 bits per heavy atom. The van der Waals surface area contributed by atoms with Gasteiger partial charge in [0.15, 0.2) is 28.4 Å². The largest absolute Gasteiger partial charge is 0.504 e. The van der Waals surface area contributed by atoms with Crippen molar-refractivity contribution in [3.8, 4) is 23.0 Å². The lowest BCUT2D eigenvalue weighted by molar-refractivity contribution is 0.00578. The summed E-state index contributed by atoms with van der Waals surface area (Å²) in [7, 11) is -1.76. The van der Waals surface area contributed by atoms with Crippen molar-refractivity contribution >= 4 is 94.6 Å². The molecule has 15 rings (SSSR count). The van der Waals surface area contributed by atoms with Gasteiger partial charge in [0, 0.05) is 46.8 Å². The summed E-state index contributed by atoms with van der Waals surface area (Å²) in [6.07, 6.45) is 9.51. The molecule has 3 aromatic carbocycles. The molecule has 6 aromatic heterocycles. The minimum Gasteiger partial charge on any atom is -0.504 e. The van der Waals surface area contributed by atoms with Crippen molar-refractivity contribution in [3.05, 3.63) is 147 Å². The van der Waals surface area contributed by atoms with Crippen LogP contribution in [-0.4, -0.2) is 161 Å². The van der Waals surface area contributed by atoms with Gasteiger partial charge in [0.25, 0.3) is 17.7 Å². The SMILES string of the molecule is CC1(C)OB(B2OC(C)(C)C(C)(C)O2)OC1(C)C.C[C@H]1Nc2ccn3ncc(c3n2)C(=O)NCCOc2c(B3OC(C)(C)C(C)(C)O3)cc(F)cc21.C[C@H]1Nc2ccn3ncc(c3n2)C(=O)NCCOc2c(Br)cc(F)cc21.C[C@H]1Nc2ccn3ncc(c3n2)C(=O)NCCOc2c(O)cc(F)cc21. The number of nitrogens with zero attached hydrogens (tertiary/aromatic N) is 9. The zero-order valence-corrected chi connectivity index (χ0v) is 61.8. The van der Waals surface area contributed by atoms with Crippen LogP contribution in [0.2, 0.25) is 0 Å². The van der Waals surface area contributed by atoms with Crippen LogP contribution in [0.15, 0.2) is 96.3 Å². The molecule has 3 saturated heterocycles. The molecule has 6 aliphatic rings. The first kappa shape index (κ1) is 74.5. The van der Waals surface area contributed by atoms with E-state index in [1.807, 2.05) is 96.9 Å². The third-order valence-corrected chi connectivity index (χ3v) is 20.3. The number of aromatic nitrogens is 9. The van der Waals surface area contributed by atoms with Crippen molar-refractivity contribution in [1.82, 2.24) is 59.7 Å². The van der Waals surface area contributed by atoms with Crippen LogP contribution in [0.5, 0.6) is 23.0 Å². The van der Waals surface area contributed by atoms with E-state index < -0.39 is 50.0 Å². The van der Waals surface area contributed by atoms with Crippen LogP contribution in [0.4, 0.5) is 30.6 Å². The summed E-state index contributed by atoms with van der Waals surface area (Å²) in [6, 6.07) is 12.0. The molecule has 7 N–H and O–H groups in total. The molecule has 28 nitrogen and oxygen atoms in total. The lowest BCUT2D eigenvalue weighted by Crippen LogP contribution is -2.41. The van der Waals surface area contributed by atoms with Crippen LogP contribution >= 0.6 is 15.9 Å². The van der Waals surface area contributed by atoms with Crippen molar-refractivity contribution in [2.45, 2.75) is 156 Å². The van der Waals surface area contributed by atoms with E-state index in [0.29, 0.717) is 95.8 Å². The van der Waals surface area contributed by atoms with E-state index in [0.717, 1.165) is 6.07 Å². The standard InChI is InChI=1S/C23H27BFN5O4.C17H15BrFN5O2.C17H16FN5O3.C12H24B2O4/c1-13-15-10-14(25)11-17(24-33-22(2,3)23(4,5)34-24)19(15)32-9-7-26-21(31)16-12-27-30-8-6-18(28-13)29-20(16)30;1-9-11-6-10(19)7-13(18)15(11)26-5-3-20-17(25)12-8-21-24-4-2-14(22-9)23-16(12)24;1-9-11-6-10(18)7-13(24)15(11)26-5-3-19-17(25)12-8-20-23-4-2-14(21-9)22-16(12)23;1-9(2)10(3,4)16-13(15-9)14-17-11(5,6)12(7,8)18-14/h6,8,10-13H,7,9H2,1-5H3,(H,26,31)(H,28,29);2,4,6-9H,3,5H2,1H3,(H,20,25)(H,22,23);2,4,6-9,24H,3,5H2,1H3,(H,19,25)(H,21,22);1-8H3/t13-;2*9-;/m111./s1. The number of anilines is 3. The first-order valence-electron chi connectivity index (χ1n) is 34.0. The number of nitrogens with one attached hydrogen (secondary N) is 6. The van der Waals surface area contributed by atoms with Gasteiger partial charge >= 0.3 is 21.1 Å². The Hall–Kier alpha value is -9.25. The molecule has 3 atom stereocenters. The van der Waals surface area contributed by atoms with Gasteiger partial charge in [-0.2, -0.15) is 15.3 Å². The van der Waals surface area contributed by atoms with E-state index in [4.69, 9.17) is 42.1 Å². The second-order valence-corrected chi connectivity index (χ2v) is 29.6. The highest BCUT2D eigenvalue weighted by atomic mass is 79.9. The molecule has 0 unspecified atom stereocenters. The minimum absolute atomic E-state index is 0.111. The van der Waals surface area contributed by atoms with Gasteiger partial charge in [-0.25, -0.2) is 41.7 Å². The Morgan fingerprint density at radius 2 is 0.779 bits per heavy atom. The molecule has 6 aliphatic heterocycles. The minimum atomic E-state index is -0.811. The van der Waals surface area contributed by atoms with E-state index >= 15 is 0 Å². The van der Waals surface area contributed by atoms with Crippen LogP contribution in [-0.2, 0) is 27.9 Å². The van der Waals surface area contributed by atoms with Crippen molar-refractivity contribution in [1.29, 1.82) is 0 Å². The number of carbonyl (C=O) groups excluding carboxylic acids is 3. The lowest BCUT2D eigenvalue weighted by Gasteiger charge is -2.32. The highest BCUT2D eigenvalue weighted by molar-refractivity contribution is 9.10. The van der Waals surface area contributed by atoms with Gasteiger partial charge in [0.05, 0.1) is 94.4 Å². The molecular formula is C69H82B3BrF3N15O13. The Bertz CT molecular complexity index is 4530. The van der Waals surface area contributed by atoms with Gasteiger partial charge in [-0.1, -0.05) is 0 Å². The summed E-state index contributed by atoms with van der Waals surface area (Å²) in [5, 5.41) is 40.5. The van der Waals surface area contributed by atoms with Crippen molar-refractivity contribution in [2.24, 2.45) is 0 Å². The fraction of sp³-hybridized carbons (Fsp3) is 0.435. The van der Waals surface area contributed by atoms with E-state index in [9.17, 15) is 32.7 Å². The Morgan fingerprint density at radius 1 is 0.462 bits per heavy atom. The molecule has 3 amide bonds. The summed E-state index contributed by atoms with van der Waals surface area (Å²) >= 11 is 3.35. The van der Waals surface area contributed by atoms with Gasteiger partial charge in [0.1, 0.15) is 82.9 Å². The number of ether oxygens (including phenoxy) is 3. The Balaban J connectivity index is 0.000000133. The molecule has 0 radical (unpaired) electrons. The Labute approximate surface area is 607 Å². The third kappa shape index (κ3) is 15.2. The molecule has 0 aliphatic carbocycles. The number of phenolic OH excluding ortho intramolecular Hbond substituents is 1. The number of amides is 3. The zero-order valence-electron chi connectivity index (χ0n) is 60.2. The van der Waals surface area contributed by atoms with Crippen LogP contribution < -0.4 is 51.6 Å². The number of fused-ring (bicyclic) bond motifs is 6. The number of halogens is 4. The smallest absolute Gasteiger partial charge is 0.498 e. The average molecular weight is 1500 g/mol. The molecule has 12 heterocycles. The van der Waals surface area contributed by atoms with Crippen molar-refractivity contribution in [3.63, 3.8) is 0 Å². The maximum atomic E-state index is 14.9. The quantitative estimate of drug-likeness (QED) is 0.0792. The first-order chi connectivity index (χ1) is 49.0. The molecule has 3 fully saturated rings. The van der Waals surface area contributed by atoms with Crippen LogP contribution in [0.3, 0.4) is 0 Å². The van der Waals surface area contributed by atoms with E-state index in [1.54, 1.807) is 43.7 Å². The lowest BCUT2D eigenvalue weighted by atomic mass is 9.49. The normalized spacial score (nSPS) is 21.3. The third-order valence-electron chi connectivity index (χ3n) is 19.7. The molecule has 0 spiro atoms. The zero-order chi connectivity index (χ0) is 74.8. The fourth-order valence-corrected chi connectivity index (χ4v) is 12.4. The van der Waals surface area contributed by atoms with E-state index in [-0.39, 0.29) is 102 Å². The molecule has 0 saturated carbocycles. The molecule has 548 valence electrons. The van der Waals surface area contributed by atoms with E-state index in [1.165, 1.54) is 62.5 Å². The molecule has 6 bridgehead atoms. The second-order valence-electron chi connectivity index (χ2n) is 28.7. The van der Waals surface area contributed by atoms with Crippen molar-refractivity contribution < 1.29 is 74.8 Å². The summed E-state index contributed by atoms with van der Waals surface area (Å²) in [6.45, 7) is 30.8. The maximum Gasteiger partial charge on any atom is 0.498 e. The average Bonchev–Trinajstić information content (AvgIpc) is 1.59. The van der Waals surface area contributed by atoms with Gasteiger partial charge < -0.3 is 79.1 Å². The van der Waals surface area contributed by atoms with Crippen molar-refractivity contribution in [2.75, 3.05) is 55.4 Å². The predicted molar refractivity (Wildman–Crippen MR) is 385 cm³/mol. The summed E-state index contributed by atoms with van der Waals surface area (Å²) < 4.78 is 101. The Kier molecular flexibility index (Phi) is 20.5. The summed E-state index contributed by atoms with van der Waals surface area (Å²) in [5.74, 6) is 0.119. The predicted octanol–water partition coefficient (Wildman–Crippen LogP) is 9.51. The number of rotatable bonds is 2. The second kappa shape index (κ2) is 28.7. The molecular weight excluding hydrogens is 1420 g/mol. The maximum absolute atomic E-state index is 14.9. The van der Waals surface area contributed by atoms with Gasteiger partial charge in [-0.3, -0.25) is 14.4 Å². The van der Waals surface area contributed by atoms with Crippen LogP contribution in [0.1, 0.15) is 170 Å². The highest BCUT2D eigenvalue weighted by Crippen LogP contribution is 2.45. The number of benzene rings is 3. The summed E-state index contributed by atoms with van der Waals surface area (Å²) in [4.78, 5) is 50.9. The molecule has 35 heteroatoms. The van der Waals surface area contributed by atoms with Gasteiger partial charge in [-0.15, -0.1) is 0 Å². The van der Waals surface area contributed by atoms with Crippen LogP contribution in [0, 0.1) is 17.5 Å². The topological polar surface area (TPSA) is 317 Å². The number of hydrogen-bond donors (Lipinski definition) is 7. The van der Waals surface area contributed by atoms with Gasteiger partial charge in [-0.05, 0) is 168 Å². The first-order valence-corrected chi connectivity index (χ1v) is 34.8. The number of carbonyl (C=O) groups is 3. The summed E-state index contributed by atoms with van der Waals surface area (Å²) in [5.41, 5.74) is 1.86. The number of aromatic hydroxyl groups is 1. The highest BCUT2D eigenvalue weighted by Gasteiger charge is 2.64. The monoisotopic (exact) mass is 1500 g/mol. The van der Waals surface area contributed by atoms with Gasteiger partial charge in [0.2, 0.25) is 0 Å². The van der Waals surface area contributed by atoms with Crippen LogP contribution in [0.25, 0.3) is 16.9 Å². The molecule has 9 aromatic rings.